The molecule has 0 amide bonds. The smallest absolute Gasteiger partial charge is 0.335 e. The van der Waals surface area contributed by atoms with Gasteiger partial charge < -0.3 is 15.5 Å². The zero-order valence-electron chi connectivity index (χ0n) is 11.7. The fourth-order valence-electron chi connectivity index (χ4n) is 1.58. The van der Waals surface area contributed by atoms with Gasteiger partial charge in [0.05, 0.1) is 5.56 Å². The van der Waals surface area contributed by atoms with Gasteiger partial charge in [0.15, 0.2) is 0 Å². The number of aliphatic hydroxyl groups is 1. The molecule has 0 saturated heterocycles. The Morgan fingerprint density at radius 2 is 2.00 bits per heavy atom. The van der Waals surface area contributed by atoms with Crippen molar-refractivity contribution in [3.8, 4) is 0 Å². The highest BCUT2D eigenvalue weighted by molar-refractivity contribution is 5.88. The number of hydrogen-bond acceptors (Lipinski definition) is 4. The molecule has 19 heavy (non-hydrogen) atoms. The minimum Gasteiger partial charge on any atom is -0.478 e. The maximum absolute atomic E-state index is 11.1. The van der Waals surface area contributed by atoms with Crippen LogP contribution in [0.25, 0.3) is 0 Å². The molecule has 0 aromatic carbocycles. The van der Waals surface area contributed by atoms with E-state index in [1.54, 1.807) is 6.07 Å². The highest BCUT2D eigenvalue weighted by Gasteiger charge is 2.18. The van der Waals surface area contributed by atoms with Crippen LogP contribution in [0.3, 0.4) is 0 Å². The molecular weight excluding hydrogens is 244 g/mol. The molecule has 0 saturated carbocycles. The van der Waals surface area contributed by atoms with E-state index in [0.29, 0.717) is 12.4 Å². The van der Waals surface area contributed by atoms with E-state index in [9.17, 15) is 4.79 Å². The molecule has 0 radical (unpaired) electrons. The number of carbonyl (C=O) groups is 1. The topological polar surface area (TPSA) is 82.5 Å². The minimum absolute atomic E-state index is 0.164. The van der Waals surface area contributed by atoms with Crippen LogP contribution in [0.5, 0.6) is 0 Å². The Morgan fingerprint density at radius 3 is 2.53 bits per heavy atom. The van der Waals surface area contributed by atoms with Crippen LogP contribution in [0, 0.1) is 0 Å². The predicted octanol–water partition coefficient (Wildman–Crippen LogP) is 2.26. The van der Waals surface area contributed by atoms with Crippen LogP contribution in [-0.4, -0.2) is 34.3 Å². The minimum atomic E-state index is -0.952. The van der Waals surface area contributed by atoms with E-state index in [4.69, 9.17) is 10.2 Å². The Hall–Kier alpha value is -1.62. The summed E-state index contributed by atoms with van der Waals surface area (Å²) in [6.45, 7) is 6.82. The Morgan fingerprint density at radius 1 is 1.32 bits per heavy atom. The lowest BCUT2D eigenvalue weighted by Crippen LogP contribution is -2.17. The van der Waals surface area contributed by atoms with Crippen molar-refractivity contribution >= 4 is 11.8 Å². The maximum atomic E-state index is 11.1. The molecule has 1 aromatic heterocycles. The molecule has 0 spiro atoms. The molecule has 0 aliphatic carbocycles. The van der Waals surface area contributed by atoms with Crippen LogP contribution < -0.4 is 5.32 Å². The summed E-state index contributed by atoms with van der Waals surface area (Å²) in [7, 11) is 0. The van der Waals surface area contributed by atoms with Crippen LogP contribution in [0.2, 0.25) is 0 Å². The van der Waals surface area contributed by atoms with Crippen molar-refractivity contribution < 1.29 is 15.0 Å². The van der Waals surface area contributed by atoms with Gasteiger partial charge in [0.1, 0.15) is 5.82 Å². The fourth-order valence-corrected chi connectivity index (χ4v) is 1.58. The quantitative estimate of drug-likeness (QED) is 0.688. The maximum Gasteiger partial charge on any atom is 0.335 e. The number of hydrogen-bond donors (Lipinski definition) is 3. The normalized spacial score (nSPS) is 11.4. The lowest BCUT2D eigenvalue weighted by atomic mass is 9.91. The second-order valence-electron chi connectivity index (χ2n) is 5.54. The van der Waals surface area contributed by atoms with Crippen molar-refractivity contribution in [2.75, 3.05) is 18.5 Å². The van der Waals surface area contributed by atoms with E-state index in [1.165, 1.54) is 6.07 Å². The third kappa shape index (κ3) is 4.87. The number of nitrogens with one attached hydrogen (secondary N) is 1. The van der Waals surface area contributed by atoms with Crippen LogP contribution in [0.15, 0.2) is 12.1 Å². The number of aromatic carboxylic acids is 1. The number of aliphatic hydroxyl groups excluding tert-OH is 1. The number of unbranched alkanes of at least 4 members (excludes halogenated alkanes) is 1. The summed E-state index contributed by atoms with van der Waals surface area (Å²) < 4.78 is 0. The molecule has 106 valence electrons. The van der Waals surface area contributed by atoms with Gasteiger partial charge in [-0.1, -0.05) is 20.8 Å². The number of pyridine rings is 1. The zero-order chi connectivity index (χ0) is 14.5. The van der Waals surface area contributed by atoms with E-state index >= 15 is 0 Å². The number of carboxylic acid groups (broad SMARTS) is 1. The summed E-state index contributed by atoms with van der Waals surface area (Å²) in [6, 6.07) is 3.15. The molecule has 3 N–H and O–H groups in total. The molecule has 1 heterocycles. The van der Waals surface area contributed by atoms with Gasteiger partial charge in [0, 0.05) is 24.3 Å². The number of aromatic nitrogens is 1. The standard InChI is InChI=1S/C14H22N2O3/c1-14(2,3)11-8-10(13(18)19)9-12(16-11)15-6-4-5-7-17/h8-9,17H,4-7H2,1-3H3,(H,15,16)(H,18,19). The van der Waals surface area contributed by atoms with Gasteiger partial charge in [-0.15, -0.1) is 0 Å². The van der Waals surface area contributed by atoms with Gasteiger partial charge in [0.2, 0.25) is 0 Å². The molecule has 0 unspecified atom stereocenters. The van der Waals surface area contributed by atoms with Gasteiger partial charge in [-0.05, 0) is 25.0 Å². The molecule has 5 nitrogen and oxygen atoms in total. The SMILES string of the molecule is CC(C)(C)c1cc(C(=O)O)cc(NCCCCO)n1. The molecule has 1 aromatic rings. The van der Waals surface area contributed by atoms with Crippen molar-refractivity contribution in [1.29, 1.82) is 0 Å². The first-order valence-corrected chi connectivity index (χ1v) is 6.45. The lowest BCUT2D eigenvalue weighted by molar-refractivity contribution is 0.0696. The zero-order valence-corrected chi connectivity index (χ0v) is 11.7. The van der Waals surface area contributed by atoms with Crippen molar-refractivity contribution in [3.63, 3.8) is 0 Å². The molecule has 0 aliphatic heterocycles. The predicted molar refractivity (Wildman–Crippen MR) is 74.7 cm³/mol. The van der Waals surface area contributed by atoms with Crippen LogP contribution >= 0.6 is 0 Å². The summed E-state index contributed by atoms with van der Waals surface area (Å²) in [6.07, 6.45) is 1.54. The van der Waals surface area contributed by atoms with E-state index in [-0.39, 0.29) is 17.6 Å². The van der Waals surface area contributed by atoms with Crippen molar-refractivity contribution in [3.05, 3.63) is 23.4 Å². The average molecular weight is 266 g/mol. The molecule has 0 aliphatic rings. The number of rotatable bonds is 6. The van der Waals surface area contributed by atoms with Crippen LogP contribution in [0.1, 0.15) is 49.7 Å². The Kier molecular flexibility index (Phi) is 5.30. The van der Waals surface area contributed by atoms with E-state index in [0.717, 1.165) is 18.5 Å². The molecule has 5 heteroatoms. The van der Waals surface area contributed by atoms with Crippen LogP contribution in [0.4, 0.5) is 5.82 Å². The van der Waals surface area contributed by atoms with Crippen molar-refractivity contribution in [2.24, 2.45) is 0 Å². The average Bonchev–Trinajstić information content (AvgIpc) is 2.33. The summed E-state index contributed by atoms with van der Waals surface area (Å²) in [5.74, 6) is -0.380. The summed E-state index contributed by atoms with van der Waals surface area (Å²) >= 11 is 0. The molecule has 0 bridgehead atoms. The fraction of sp³-hybridized carbons (Fsp3) is 0.571. The first kappa shape index (κ1) is 15.4. The second kappa shape index (κ2) is 6.52. The molecule has 0 fully saturated rings. The molecule has 1 rings (SSSR count). The van der Waals surface area contributed by atoms with Crippen molar-refractivity contribution in [2.45, 2.75) is 39.0 Å². The second-order valence-corrected chi connectivity index (χ2v) is 5.54. The highest BCUT2D eigenvalue weighted by Crippen LogP contribution is 2.23. The Bertz CT molecular complexity index is 439. The molecule has 0 atom stereocenters. The third-order valence-corrected chi connectivity index (χ3v) is 2.73. The summed E-state index contributed by atoms with van der Waals surface area (Å²) in [4.78, 5) is 15.6. The first-order valence-electron chi connectivity index (χ1n) is 6.45. The van der Waals surface area contributed by atoms with Gasteiger partial charge in [-0.2, -0.15) is 0 Å². The largest absolute Gasteiger partial charge is 0.478 e. The van der Waals surface area contributed by atoms with E-state index < -0.39 is 5.97 Å². The third-order valence-electron chi connectivity index (χ3n) is 2.73. The van der Waals surface area contributed by atoms with Gasteiger partial charge in [-0.25, -0.2) is 9.78 Å². The Labute approximate surface area is 113 Å². The van der Waals surface area contributed by atoms with Crippen LogP contribution in [-0.2, 0) is 5.41 Å². The number of anilines is 1. The van der Waals surface area contributed by atoms with Gasteiger partial charge in [-0.3, -0.25) is 0 Å². The van der Waals surface area contributed by atoms with E-state index in [2.05, 4.69) is 10.3 Å². The number of carboxylic acids is 1. The first-order chi connectivity index (χ1) is 8.84. The monoisotopic (exact) mass is 266 g/mol. The molecular formula is C14H22N2O3. The summed E-state index contributed by atoms with van der Waals surface area (Å²) in [5.41, 5.74) is 0.786. The van der Waals surface area contributed by atoms with Crippen molar-refractivity contribution in [1.82, 2.24) is 4.98 Å². The highest BCUT2D eigenvalue weighted by atomic mass is 16.4. The summed E-state index contributed by atoms with van der Waals surface area (Å²) in [5, 5.41) is 20.9. The lowest BCUT2D eigenvalue weighted by Gasteiger charge is -2.19. The Balaban J connectivity index is 2.91. The van der Waals surface area contributed by atoms with E-state index in [1.807, 2.05) is 20.8 Å². The van der Waals surface area contributed by atoms with Gasteiger partial charge >= 0.3 is 5.97 Å². The number of nitrogens with zero attached hydrogens (tertiary/aromatic N) is 1. The van der Waals surface area contributed by atoms with Gasteiger partial charge in [0.25, 0.3) is 0 Å².